The van der Waals surface area contributed by atoms with Gasteiger partial charge in [0.2, 0.25) is 5.91 Å². The number of carbonyl (C=O) groups excluding carboxylic acids is 1. The summed E-state index contributed by atoms with van der Waals surface area (Å²) in [5.74, 6) is 0.574. The molecule has 2 aromatic rings. The lowest BCUT2D eigenvalue weighted by molar-refractivity contribution is -0.126. The first-order chi connectivity index (χ1) is 11.4. The van der Waals surface area contributed by atoms with Crippen molar-refractivity contribution in [3.63, 3.8) is 0 Å². The van der Waals surface area contributed by atoms with E-state index in [2.05, 4.69) is 5.32 Å². The van der Waals surface area contributed by atoms with E-state index in [1.165, 1.54) is 6.26 Å². The molecule has 24 heavy (non-hydrogen) atoms. The molecule has 3 rings (SSSR count). The van der Waals surface area contributed by atoms with Crippen LogP contribution in [0.2, 0.25) is 0 Å². The zero-order valence-corrected chi connectivity index (χ0v) is 14.2. The van der Waals surface area contributed by atoms with Crippen molar-refractivity contribution in [1.82, 2.24) is 5.32 Å². The predicted octanol–water partition coefficient (Wildman–Crippen LogP) is 1.96. The molecule has 126 valence electrons. The summed E-state index contributed by atoms with van der Waals surface area (Å²) in [4.78, 5) is 12.6. The van der Waals surface area contributed by atoms with Crippen LogP contribution in [-0.2, 0) is 27.6 Å². The second-order valence-electron chi connectivity index (χ2n) is 5.95. The molecule has 1 N–H and O–H groups in total. The number of rotatable bonds is 4. The zero-order chi connectivity index (χ0) is 17.2. The van der Waals surface area contributed by atoms with Gasteiger partial charge in [0.25, 0.3) is 0 Å². The van der Waals surface area contributed by atoms with E-state index in [4.69, 9.17) is 4.74 Å². The molecule has 0 bridgehead atoms. The Morgan fingerprint density at radius 1 is 1.17 bits per heavy atom. The number of hydrogen-bond donors (Lipinski definition) is 1. The van der Waals surface area contributed by atoms with Crippen molar-refractivity contribution < 1.29 is 17.9 Å². The Labute approximate surface area is 141 Å². The molecule has 1 aliphatic rings. The highest BCUT2D eigenvalue weighted by Gasteiger charge is 2.25. The van der Waals surface area contributed by atoms with Crippen LogP contribution in [0, 0.1) is 5.92 Å². The van der Waals surface area contributed by atoms with E-state index in [1.54, 1.807) is 24.3 Å². The fraction of sp³-hybridized carbons (Fsp3) is 0.278. The van der Waals surface area contributed by atoms with Crippen LogP contribution in [0.4, 0.5) is 0 Å². The maximum Gasteiger partial charge on any atom is 0.227 e. The number of benzene rings is 2. The number of amides is 1. The molecular weight excluding hydrogens is 326 g/mol. The summed E-state index contributed by atoms with van der Waals surface area (Å²) in [5.41, 5.74) is 1.90. The van der Waals surface area contributed by atoms with Crippen molar-refractivity contribution in [1.29, 1.82) is 0 Å². The number of ether oxygens (including phenoxy) is 1. The minimum absolute atomic E-state index is 0.0586. The van der Waals surface area contributed by atoms with E-state index in [-0.39, 0.29) is 16.7 Å². The van der Waals surface area contributed by atoms with Crippen LogP contribution in [-0.4, -0.2) is 27.2 Å². The fourth-order valence-electron chi connectivity index (χ4n) is 2.68. The van der Waals surface area contributed by atoms with Crippen molar-refractivity contribution in [3.8, 4) is 5.75 Å². The Balaban J connectivity index is 1.58. The second-order valence-corrected chi connectivity index (χ2v) is 7.97. The summed E-state index contributed by atoms with van der Waals surface area (Å²) in [6.45, 7) is 0.733. The minimum atomic E-state index is -3.20. The first-order valence-corrected chi connectivity index (χ1v) is 9.60. The smallest absolute Gasteiger partial charge is 0.227 e. The van der Waals surface area contributed by atoms with E-state index < -0.39 is 9.84 Å². The molecule has 1 atom stereocenters. The summed E-state index contributed by atoms with van der Waals surface area (Å²) in [6, 6.07) is 14.3. The Hall–Kier alpha value is -2.34. The van der Waals surface area contributed by atoms with Gasteiger partial charge in [0.1, 0.15) is 12.4 Å². The topological polar surface area (TPSA) is 72.5 Å². The Bertz CT molecular complexity index is 844. The molecule has 6 heteroatoms. The van der Waals surface area contributed by atoms with Crippen molar-refractivity contribution in [2.45, 2.75) is 17.9 Å². The lowest BCUT2D eigenvalue weighted by atomic mass is 9.96. The number of sulfone groups is 1. The quantitative estimate of drug-likeness (QED) is 0.919. The standard InChI is InChI=1S/C18H19NO4S/c1-24(21,22)16-8-6-13(7-9-16)11-19-18(20)15-10-14-4-2-3-5-17(14)23-12-15/h2-9,15H,10-12H2,1H3,(H,19,20)/t15-/m0/s1. The minimum Gasteiger partial charge on any atom is -0.492 e. The van der Waals surface area contributed by atoms with Gasteiger partial charge in [-0.05, 0) is 35.7 Å². The highest BCUT2D eigenvalue weighted by atomic mass is 32.2. The largest absolute Gasteiger partial charge is 0.492 e. The third-order valence-electron chi connectivity index (χ3n) is 4.07. The summed E-state index contributed by atoms with van der Waals surface area (Å²) in [7, 11) is -3.20. The van der Waals surface area contributed by atoms with Crippen LogP contribution in [0.3, 0.4) is 0 Å². The summed E-state index contributed by atoms with van der Waals surface area (Å²) in [6.07, 6.45) is 1.83. The van der Waals surface area contributed by atoms with E-state index in [1.807, 2.05) is 24.3 Å². The van der Waals surface area contributed by atoms with Crippen LogP contribution in [0.1, 0.15) is 11.1 Å². The van der Waals surface area contributed by atoms with Gasteiger partial charge in [-0.3, -0.25) is 4.79 Å². The van der Waals surface area contributed by atoms with Crippen LogP contribution in [0.15, 0.2) is 53.4 Å². The molecule has 2 aromatic carbocycles. The van der Waals surface area contributed by atoms with Gasteiger partial charge in [0.05, 0.1) is 10.8 Å². The number of para-hydroxylation sites is 1. The summed E-state index contributed by atoms with van der Waals surface area (Å²) in [5, 5.41) is 2.89. The molecule has 1 aliphatic heterocycles. The SMILES string of the molecule is CS(=O)(=O)c1ccc(CNC(=O)[C@@H]2COc3ccccc3C2)cc1. The first kappa shape index (κ1) is 16.5. The first-order valence-electron chi connectivity index (χ1n) is 7.71. The molecular formula is C18H19NO4S. The molecule has 1 amide bonds. The second kappa shape index (κ2) is 6.65. The molecule has 0 aliphatic carbocycles. The van der Waals surface area contributed by atoms with Gasteiger partial charge in [-0.15, -0.1) is 0 Å². The Morgan fingerprint density at radius 2 is 1.88 bits per heavy atom. The number of fused-ring (bicyclic) bond motifs is 1. The van der Waals surface area contributed by atoms with Crippen LogP contribution < -0.4 is 10.1 Å². The highest BCUT2D eigenvalue weighted by molar-refractivity contribution is 7.90. The van der Waals surface area contributed by atoms with E-state index in [9.17, 15) is 13.2 Å². The van der Waals surface area contributed by atoms with Gasteiger partial charge < -0.3 is 10.1 Å². The normalized spacial score (nSPS) is 16.8. The predicted molar refractivity (Wildman–Crippen MR) is 90.5 cm³/mol. The monoisotopic (exact) mass is 345 g/mol. The Morgan fingerprint density at radius 3 is 2.58 bits per heavy atom. The molecule has 0 saturated heterocycles. The lowest BCUT2D eigenvalue weighted by Crippen LogP contribution is -2.37. The van der Waals surface area contributed by atoms with Gasteiger partial charge in [-0.2, -0.15) is 0 Å². The lowest BCUT2D eigenvalue weighted by Gasteiger charge is -2.24. The van der Waals surface area contributed by atoms with Crippen LogP contribution in [0.25, 0.3) is 0 Å². The van der Waals surface area contributed by atoms with Gasteiger partial charge in [0, 0.05) is 12.8 Å². The van der Waals surface area contributed by atoms with E-state index in [0.717, 1.165) is 16.9 Å². The fourth-order valence-corrected chi connectivity index (χ4v) is 3.31. The van der Waals surface area contributed by atoms with Crippen molar-refractivity contribution >= 4 is 15.7 Å². The van der Waals surface area contributed by atoms with Crippen molar-refractivity contribution in [2.75, 3.05) is 12.9 Å². The zero-order valence-electron chi connectivity index (χ0n) is 13.4. The third-order valence-corrected chi connectivity index (χ3v) is 5.20. The van der Waals surface area contributed by atoms with Crippen molar-refractivity contribution in [2.24, 2.45) is 5.92 Å². The number of carbonyl (C=O) groups is 1. The summed E-state index contributed by atoms with van der Waals surface area (Å²) >= 11 is 0. The van der Waals surface area contributed by atoms with Gasteiger partial charge in [-0.1, -0.05) is 30.3 Å². The maximum atomic E-state index is 12.3. The number of nitrogens with one attached hydrogen (secondary N) is 1. The molecule has 0 unspecified atom stereocenters. The molecule has 0 fully saturated rings. The van der Waals surface area contributed by atoms with Crippen molar-refractivity contribution in [3.05, 3.63) is 59.7 Å². The number of hydrogen-bond acceptors (Lipinski definition) is 4. The van der Waals surface area contributed by atoms with Gasteiger partial charge >= 0.3 is 0 Å². The van der Waals surface area contributed by atoms with Crippen LogP contribution >= 0.6 is 0 Å². The van der Waals surface area contributed by atoms with Gasteiger partial charge in [-0.25, -0.2) is 8.42 Å². The molecule has 0 aromatic heterocycles. The molecule has 0 spiro atoms. The third kappa shape index (κ3) is 3.76. The van der Waals surface area contributed by atoms with Crippen LogP contribution in [0.5, 0.6) is 5.75 Å². The molecule has 0 saturated carbocycles. The highest BCUT2D eigenvalue weighted by Crippen LogP contribution is 2.26. The Kier molecular flexibility index (Phi) is 4.57. The van der Waals surface area contributed by atoms with E-state index >= 15 is 0 Å². The molecule has 1 heterocycles. The van der Waals surface area contributed by atoms with E-state index in [0.29, 0.717) is 19.6 Å². The average Bonchev–Trinajstić information content (AvgIpc) is 2.59. The molecule has 0 radical (unpaired) electrons. The van der Waals surface area contributed by atoms with Gasteiger partial charge in [0.15, 0.2) is 9.84 Å². The summed E-state index contributed by atoms with van der Waals surface area (Å²) < 4.78 is 28.5. The molecule has 5 nitrogen and oxygen atoms in total. The maximum absolute atomic E-state index is 12.3. The average molecular weight is 345 g/mol.